The number of H-pyrrole nitrogens is 1. The number of benzene rings is 3. The summed E-state index contributed by atoms with van der Waals surface area (Å²) in [7, 11) is -3.49. The summed E-state index contributed by atoms with van der Waals surface area (Å²) in [5.74, 6) is -0.552. The minimum Gasteiger partial charge on any atom is -0.381 e. The number of fused-ring (bicyclic) bond motifs is 2. The van der Waals surface area contributed by atoms with Crippen LogP contribution >= 0.6 is 11.6 Å². The van der Waals surface area contributed by atoms with Crippen molar-refractivity contribution in [1.82, 2.24) is 38.5 Å². The Morgan fingerprint density at radius 2 is 1.66 bits per heavy atom. The van der Waals surface area contributed by atoms with Crippen LogP contribution < -0.4 is 16.2 Å². The van der Waals surface area contributed by atoms with Gasteiger partial charge in [0.2, 0.25) is 10.0 Å². The lowest BCUT2D eigenvalue weighted by Gasteiger charge is -2.33. The second-order valence-electron chi connectivity index (χ2n) is 17.8. The van der Waals surface area contributed by atoms with E-state index in [1.807, 2.05) is 23.6 Å². The standard InChI is InChI=1S/C46H45ClFN9O7S/c1-25-20-33(21-26(2)39(25)48)57-41(55-17-16-53(45(55)60)32-7-5-31(6-8-32)52-65(61,62)34-9-10-34)38-35(50-57)12-15-54(40(38)47)42(58)37-23-30-22-29(28-13-18-63-19-14-28)4-11-36(30)56(37)46(24-27(46)3)43-49-44(59)64-51-43/h4-8,11,16-17,20-23,27-28,34,40,52H,9-10,12-15,18-19,24H2,1-3H3,(H,49,51,59). The van der Waals surface area contributed by atoms with Crippen molar-refractivity contribution in [1.29, 1.82) is 0 Å². The van der Waals surface area contributed by atoms with E-state index in [4.69, 9.17) is 26.0 Å². The van der Waals surface area contributed by atoms with Crippen molar-refractivity contribution in [3.8, 4) is 17.2 Å². The van der Waals surface area contributed by atoms with Gasteiger partial charge in [-0.15, -0.1) is 0 Å². The van der Waals surface area contributed by atoms with Crippen LogP contribution in [0.5, 0.6) is 0 Å². The average Bonchev–Trinajstić information content (AvgIpc) is 4.04. The summed E-state index contributed by atoms with van der Waals surface area (Å²) >= 11 is 7.55. The number of carbonyl (C=O) groups is 1. The van der Waals surface area contributed by atoms with E-state index in [1.54, 1.807) is 72.2 Å². The molecule has 0 spiro atoms. The first-order valence-corrected chi connectivity index (χ1v) is 23.8. The minimum atomic E-state index is -3.49. The van der Waals surface area contributed by atoms with Crippen LogP contribution in [0.3, 0.4) is 0 Å². The van der Waals surface area contributed by atoms with Crippen molar-refractivity contribution in [2.75, 3.05) is 24.5 Å². The molecule has 19 heteroatoms. The van der Waals surface area contributed by atoms with Gasteiger partial charge in [-0.3, -0.25) is 28.2 Å². The summed E-state index contributed by atoms with van der Waals surface area (Å²) in [5.41, 5.74) is 2.87. The number of sulfonamides is 1. The Balaban J connectivity index is 1.02. The highest BCUT2D eigenvalue weighted by molar-refractivity contribution is 7.93. The molecule has 11 rings (SSSR count). The number of rotatable bonds is 10. The number of aromatic amines is 1. The van der Waals surface area contributed by atoms with E-state index in [-0.39, 0.29) is 36.4 Å². The van der Waals surface area contributed by atoms with Gasteiger partial charge in [0.15, 0.2) is 11.6 Å². The fourth-order valence-electron chi connectivity index (χ4n) is 9.93. The number of alkyl halides is 1. The zero-order chi connectivity index (χ0) is 45.1. The number of anilines is 1. The Bertz CT molecular complexity index is 3280. The normalized spacial score (nSPS) is 21.2. The molecule has 2 N–H and O–H groups in total. The highest BCUT2D eigenvalue weighted by Gasteiger charge is 2.59. The Labute approximate surface area is 376 Å². The first kappa shape index (κ1) is 41.5. The number of ether oxygens (including phenoxy) is 1. The third-order valence-corrected chi connectivity index (χ3v) is 16.0. The highest BCUT2D eigenvalue weighted by Crippen LogP contribution is 2.56. The van der Waals surface area contributed by atoms with Crippen LogP contribution in [-0.2, 0) is 26.7 Å². The SMILES string of the molecule is Cc1cc(-n2nc3c(c2-n2ccn(-c4ccc(NS(=O)(=O)C5CC5)cc4)c2=O)C(Cl)N(C(=O)c2cc4cc(C5CCOCC5)ccc4n2C2(c4noc(=O)[nH]4)CC2C)CC3)cc(C)c1F. The fraction of sp³-hybridized carbons (Fsp3) is 0.370. The molecule has 3 unspecified atom stereocenters. The van der Waals surface area contributed by atoms with E-state index in [0.29, 0.717) is 89.4 Å². The number of nitrogens with one attached hydrogen (secondary N) is 2. The molecule has 3 fully saturated rings. The largest absolute Gasteiger partial charge is 0.438 e. The van der Waals surface area contributed by atoms with Crippen molar-refractivity contribution in [2.24, 2.45) is 5.92 Å². The Hall–Kier alpha value is -6.24. The minimum absolute atomic E-state index is 0.0214. The van der Waals surface area contributed by atoms with Gasteiger partial charge >= 0.3 is 11.4 Å². The van der Waals surface area contributed by atoms with E-state index >= 15 is 9.18 Å². The third kappa shape index (κ3) is 6.78. The van der Waals surface area contributed by atoms with Gasteiger partial charge < -0.3 is 14.2 Å². The molecule has 336 valence electrons. The molecule has 65 heavy (non-hydrogen) atoms. The summed E-state index contributed by atoms with van der Waals surface area (Å²) in [4.78, 5) is 46.7. The molecular formula is C46H45ClFN9O7S. The highest BCUT2D eigenvalue weighted by atomic mass is 35.5. The van der Waals surface area contributed by atoms with Crippen molar-refractivity contribution in [2.45, 2.75) is 81.5 Å². The quantitative estimate of drug-likeness (QED) is 0.111. The zero-order valence-electron chi connectivity index (χ0n) is 35.8. The molecule has 0 radical (unpaired) electrons. The molecule has 1 amide bonds. The van der Waals surface area contributed by atoms with Crippen LogP contribution in [0.4, 0.5) is 10.1 Å². The summed E-state index contributed by atoms with van der Waals surface area (Å²) in [6.45, 7) is 6.89. The first-order chi connectivity index (χ1) is 31.2. The van der Waals surface area contributed by atoms with Crippen molar-refractivity contribution in [3.63, 3.8) is 0 Å². The molecule has 6 heterocycles. The van der Waals surface area contributed by atoms with Crippen molar-refractivity contribution in [3.05, 3.63) is 139 Å². The second-order valence-corrected chi connectivity index (χ2v) is 20.2. The summed E-state index contributed by atoms with van der Waals surface area (Å²) in [6, 6.07) is 17.9. The summed E-state index contributed by atoms with van der Waals surface area (Å²) < 4.78 is 59.9. The van der Waals surface area contributed by atoms with Crippen LogP contribution in [-0.4, -0.2) is 77.9 Å². The van der Waals surface area contributed by atoms with E-state index in [0.717, 1.165) is 29.3 Å². The van der Waals surface area contributed by atoms with Gasteiger partial charge in [-0.1, -0.05) is 29.7 Å². The van der Waals surface area contributed by atoms with Crippen molar-refractivity contribution < 1.29 is 26.9 Å². The van der Waals surface area contributed by atoms with Gasteiger partial charge in [0, 0.05) is 55.2 Å². The molecule has 2 aliphatic heterocycles. The number of imidazole rings is 1. The number of hydrogen-bond acceptors (Lipinski definition) is 9. The number of carbonyl (C=O) groups excluding carboxylic acids is 1. The zero-order valence-corrected chi connectivity index (χ0v) is 37.3. The van der Waals surface area contributed by atoms with Gasteiger partial charge in [0.05, 0.1) is 27.9 Å². The van der Waals surface area contributed by atoms with Crippen LogP contribution in [0.2, 0.25) is 0 Å². The van der Waals surface area contributed by atoms with E-state index in [2.05, 4.69) is 27.0 Å². The van der Waals surface area contributed by atoms with Gasteiger partial charge in [0.25, 0.3) is 5.91 Å². The molecule has 2 saturated carbocycles. The molecule has 3 aromatic carbocycles. The second kappa shape index (κ2) is 15.2. The number of hydrogen-bond donors (Lipinski definition) is 2. The Morgan fingerprint density at radius 1 is 0.954 bits per heavy atom. The lowest BCUT2D eigenvalue weighted by atomic mass is 9.91. The van der Waals surface area contributed by atoms with Gasteiger partial charge in [0.1, 0.15) is 22.6 Å². The first-order valence-electron chi connectivity index (χ1n) is 21.8. The van der Waals surface area contributed by atoms with Crippen LogP contribution in [0.25, 0.3) is 28.1 Å². The number of halogens is 2. The summed E-state index contributed by atoms with van der Waals surface area (Å²) in [5, 5.41) is 9.58. The van der Waals surface area contributed by atoms with Crippen LogP contribution in [0, 0.1) is 25.6 Å². The fourth-order valence-corrected chi connectivity index (χ4v) is 11.7. The van der Waals surface area contributed by atoms with Crippen LogP contribution in [0.15, 0.2) is 87.2 Å². The predicted molar refractivity (Wildman–Crippen MR) is 240 cm³/mol. The molecule has 4 aliphatic rings. The maximum atomic E-state index is 15.4. The summed E-state index contributed by atoms with van der Waals surface area (Å²) in [6.07, 6.45) is 7.06. The Morgan fingerprint density at radius 3 is 2.32 bits per heavy atom. The molecule has 16 nitrogen and oxygen atoms in total. The molecule has 2 aliphatic carbocycles. The molecule has 1 saturated heterocycles. The third-order valence-electron chi connectivity index (χ3n) is 13.6. The Kier molecular flexibility index (Phi) is 9.68. The van der Waals surface area contributed by atoms with Crippen LogP contribution in [0.1, 0.15) is 94.7 Å². The number of aryl methyl sites for hydroxylation is 2. The lowest BCUT2D eigenvalue weighted by Crippen LogP contribution is -2.40. The van der Waals surface area contributed by atoms with Gasteiger partial charge in [-0.25, -0.2) is 27.1 Å². The molecule has 7 aromatic rings. The van der Waals surface area contributed by atoms with E-state index in [9.17, 15) is 18.0 Å². The monoisotopic (exact) mass is 921 g/mol. The molecule has 4 aromatic heterocycles. The van der Waals surface area contributed by atoms with Gasteiger partial charge in [-0.05, 0) is 129 Å². The number of aromatic nitrogens is 7. The van der Waals surface area contributed by atoms with E-state index in [1.165, 1.54) is 9.13 Å². The smallest absolute Gasteiger partial charge is 0.381 e. The lowest BCUT2D eigenvalue weighted by molar-refractivity contribution is 0.0709. The van der Waals surface area contributed by atoms with E-state index < -0.39 is 37.8 Å². The van der Waals surface area contributed by atoms with Gasteiger partial charge in [-0.2, -0.15) is 5.10 Å². The predicted octanol–water partition coefficient (Wildman–Crippen LogP) is 6.72. The maximum Gasteiger partial charge on any atom is 0.438 e. The van der Waals surface area contributed by atoms with Crippen molar-refractivity contribution >= 4 is 44.1 Å². The average molecular weight is 922 g/mol. The molecular weight excluding hydrogens is 877 g/mol. The number of amides is 1. The topological polar surface area (TPSA) is 184 Å². The molecule has 0 bridgehead atoms. The maximum absolute atomic E-state index is 15.4. The molecule has 3 atom stereocenters. The number of nitrogens with zero attached hydrogens (tertiary/aromatic N) is 7.